The second kappa shape index (κ2) is 5.45. The molecule has 1 atom stereocenters. The van der Waals surface area contributed by atoms with E-state index in [4.69, 9.17) is 5.73 Å². The summed E-state index contributed by atoms with van der Waals surface area (Å²) in [5, 5.41) is 3.04. The zero-order valence-corrected chi connectivity index (χ0v) is 10.6. The van der Waals surface area contributed by atoms with Crippen LogP contribution >= 0.6 is 0 Å². The van der Waals surface area contributed by atoms with Crippen molar-refractivity contribution in [2.45, 2.75) is 38.9 Å². The highest BCUT2D eigenvalue weighted by Gasteiger charge is 2.17. The van der Waals surface area contributed by atoms with E-state index in [9.17, 15) is 8.78 Å². The fourth-order valence-corrected chi connectivity index (χ4v) is 1.58. The summed E-state index contributed by atoms with van der Waals surface area (Å²) >= 11 is 0. The van der Waals surface area contributed by atoms with Crippen LogP contribution in [0.25, 0.3) is 0 Å². The van der Waals surface area contributed by atoms with Gasteiger partial charge in [0.1, 0.15) is 11.5 Å². The van der Waals surface area contributed by atoms with Gasteiger partial charge in [-0.2, -0.15) is 0 Å². The number of nitrogens with two attached hydrogens (primary N) is 1. The minimum absolute atomic E-state index is 0.00123. The third kappa shape index (κ3) is 4.69. The van der Waals surface area contributed by atoms with Crippen LogP contribution in [-0.4, -0.2) is 18.3 Å². The number of rotatable bonds is 5. The van der Waals surface area contributed by atoms with Crippen LogP contribution in [0.2, 0.25) is 0 Å². The molecule has 0 aromatic heterocycles. The lowest BCUT2D eigenvalue weighted by molar-refractivity contribution is 0.204. The number of benzene rings is 1. The Labute approximate surface area is 101 Å². The van der Waals surface area contributed by atoms with Gasteiger partial charge in [0.05, 0.1) is 5.69 Å². The lowest BCUT2D eigenvalue weighted by atomic mass is 10.0. The van der Waals surface area contributed by atoms with Crippen molar-refractivity contribution in [3.63, 3.8) is 0 Å². The first-order valence-corrected chi connectivity index (χ1v) is 5.75. The van der Waals surface area contributed by atoms with Gasteiger partial charge >= 0.3 is 0 Å². The molecule has 0 saturated heterocycles. The van der Waals surface area contributed by atoms with Gasteiger partial charge in [0.25, 0.3) is 0 Å². The van der Waals surface area contributed by atoms with Crippen molar-refractivity contribution in [2.24, 2.45) is 0 Å². The van der Waals surface area contributed by atoms with Crippen molar-refractivity contribution < 1.29 is 8.78 Å². The Balaban J connectivity index is 2.56. The van der Waals surface area contributed by atoms with Gasteiger partial charge in [0, 0.05) is 12.6 Å². The van der Waals surface area contributed by atoms with E-state index >= 15 is 0 Å². The van der Waals surface area contributed by atoms with Crippen LogP contribution in [0.4, 0.5) is 14.5 Å². The average molecular weight is 242 g/mol. The zero-order valence-electron chi connectivity index (χ0n) is 10.6. The van der Waals surface area contributed by atoms with Gasteiger partial charge < -0.3 is 11.1 Å². The summed E-state index contributed by atoms with van der Waals surface area (Å²) in [5.41, 5.74) is 4.93. The third-order valence-electron chi connectivity index (χ3n) is 2.51. The Morgan fingerprint density at radius 3 is 2.65 bits per heavy atom. The molecular weight excluding hydrogens is 222 g/mol. The number of nitrogen functional groups attached to an aromatic ring is 1. The molecule has 0 aliphatic carbocycles. The van der Waals surface area contributed by atoms with Crippen LogP contribution in [0.5, 0.6) is 0 Å². The zero-order chi connectivity index (χ0) is 13.1. The molecule has 0 spiro atoms. The SMILES string of the molecule is CC(Cc1cccc(N)c1F)NCC(C)(C)F. The summed E-state index contributed by atoms with van der Waals surface area (Å²) in [7, 11) is 0. The fourth-order valence-electron chi connectivity index (χ4n) is 1.58. The molecular formula is C13H20F2N2. The monoisotopic (exact) mass is 242 g/mol. The molecule has 96 valence electrons. The summed E-state index contributed by atoms with van der Waals surface area (Å²) in [6.07, 6.45) is 0.493. The van der Waals surface area contributed by atoms with Gasteiger partial charge in [-0.15, -0.1) is 0 Å². The van der Waals surface area contributed by atoms with Crippen LogP contribution in [0.3, 0.4) is 0 Å². The topological polar surface area (TPSA) is 38.0 Å². The molecule has 1 rings (SSSR count). The smallest absolute Gasteiger partial charge is 0.149 e. The molecule has 0 radical (unpaired) electrons. The van der Waals surface area contributed by atoms with Gasteiger partial charge in [-0.05, 0) is 38.8 Å². The molecule has 0 aliphatic rings. The van der Waals surface area contributed by atoms with E-state index in [-0.39, 0.29) is 24.1 Å². The molecule has 0 saturated carbocycles. The van der Waals surface area contributed by atoms with E-state index in [1.807, 2.05) is 6.92 Å². The normalized spacial score (nSPS) is 13.7. The van der Waals surface area contributed by atoms with Gasteiger partial charge in [-0.1, -0.05) is 12.1 Å². The summed E-state index contributed by atoms with van der Waals surface area (Å²) in [5.74, 6) is -0.374. The first-order chi connectivity index (χ1) is 7.79. The maximum Gasteiger partial charge on any atom is 0.149 e. The lowest BCUT2D eigenvalue weighted by Crippen LogP contribution is -2.38. The first kappa shape index (κ1) is 13.9. The second-order valence-corrected chi connectivity index (χ2v) is 5.03. The van der Waals surface area contributed by atoms with E-state index < -0.39 is 5.67 Å². The van der Waals surface area contributed by atoms with Gasteiger partial charge in [0.2, 0.25) is 0 Å². The van der Waals surface area contributed by atoms with E-state index in [2.05, 4.69) is 5.32 Å². The molecule has 0 amide bonds. The number of anilines is 1. The van der Waals surface area contributed by atoms with Crippen LogP contribution in [0.1, 0.15) is 26.3 Å². The van der Waals surface area contributed by atoms with Gasteiger partial charge in [-0.3, -0.25) is 0 Å². The molecule has 1 aromatic carbocycles. The second-order valence-electron chi connectivity index (χ2n) is 5.03. The Morgan fingerprint density at radius 2 is 2.06 bits per heavy atom. The maximum atomic E-state index is 13.6. The molecule has 2 nitrogen and oxygen atoms in total. The molecule has 4 heteroatoms. The molecule has 0 heterocycles. The van der Waals surface area contributed by atoms with Crippen molar-refractivity contribution >= 4 is 5.69 Å². The van der Waals surface area contributed by atoms with Crippen molar-refractivity contribution in [2.75, 3.05) is 12.3 Å². The third-order valence-corrected chi connectivity index (χ3v) is 2.51. The number of hydrogen-bond donors (Lipinski definition) is 2. The highest BCUT2D eigenvalue weighted by Crippen LogP contribution is 2.16. The highest BCUT2D eigenvalue weighted by atomic mass is 19.1. The van der Waals surface area contributed by atoms with Crippen molar-refractivity contribution in [1.82, 2.24) is 5.32 Å². The fraction of sp³-hybridized carbons (Fsp3) is 0.538. The average Bonchev–Trinajstić information content (AvgIpc) is 2.21. The van der Waals surface area contributed by atoms with Crippen LogP contribution in [0.15, 0.2) is 18.2 Å². The largest absolute Gasteiger partial charge is 0.396 e. The molecule has 0 fully saturated rings. The predicted octanol–water partition coefficient (Wildman–Crippen LogP) is 2.68. The molecule has 17 heavy (non-hydrogen) atoms. The molecule has 0 bridgehead atoms. The summed E-state index contributed by atoms with van der Waals surface area (Å²) in [4.78, 5) is 0. The quantitative estimate of drug-likeness (QED) is 0.779. The number of halogens is 2. The summed E-state index contributed by atoms with van der Waals surface area (Å²) in [6, 6.07) is 4.95. The number of alkyl halides is 1. The standard InChI is InChI=1S/C13H20F2N2/c1-9(17-8-13(2,3)15)7-10-5-4-6-11(16)12(10)14/h4-6,9,17H,7-8,16H2,1-3H3. The van der Waals surface area contributed by atoms with Crippen molar-refractivity contribution in [3.8, 4) is 0 Å². The Morgan fingerprint density at radius 1 is 1.41 bits per heavy atom. The van der Waals surface area contributed by atoms with E-state index in [0.717, 1.165) is 0 Å². The number of nitrogens with one attached hydrogen (secondary N) is 1. The van der Waals surface area contributed by atoms with E-state index in [1.165, 1.54) is 19.9 Å². The van der Waals surface area contributed by atoms with Crippen LogP contribution < -0.4 is 11.1 Å². The van der Waals surface area contributed by atoms with Crippen LogP contribution in [0, 0.1) is 5.82 Å². The Bertz CT molecular complexity index is 372. The minimum Gasteiger partial charge on any atom is -0.396 e. The van der Waals surface area contributed by atoms with E-state index in [1.54, 1.807) is 12.1 Å². The molecule has 1 unspecified atom stereocenters. The van der Waals surface area contributed by atoms with Gasteiger partial charge in [-0.25, -0.2) is 8.78 Å². The summed E-state index contributed by atoms with van der Waals surface area (Å²) in [6.45, 7) is 5.16. The summed E-state index contributed by atoms with van der Waals surface area (Å²) < 4.78 is 26.9. The number of hydrogen-bond acceptors (Lipinski definition) is 2. The van der Waals surface area contributed by atoms with Crippen molar-refractivity contribution in [3.05, 3.63) is 29.6 Å². The van der Waals surface area contributed by atoms with Crippen molar-refractivity contribution in [1.29, 1.82) is 0 Å². The molecule has 1 aromatic rings. The minimum atomic E-state index is -1.26. The first-order valence-electron chi connectivity index (χ1n) is 5.75. The van der Waals surface area contributed by atoms with E-state index in [0.29, 0.717) is 12.0 Å². The maximum absolute atomic E-state index is 13.6. The molecule has 3 N–H and O–H groups in total. The van der Waals surface area contributed by atoms with Crippen LogP contribution in [-0.2, 0) is 6.42 Å². The Hall–Kier alpha value is -1.16. The lowest BCUT2D eigenvalue weighted by Gasteiger charge is -2.20. The molecule has 0 aliphatic heterocycles. The predicted molar refractivity (Wildman–Crippen MR) is 67.2 cm³/mol. The Kier molecular flexibility index (Phi) is 4.46. The van der Waals surface area contributed by atoms with Gasteiger partial charge in [0.15, 0.2) is 0 Å². The highest BCUT2D eigenvalue weighted by molar-refractivity contribution is 5.43.